The molecule has 2 aliphatic heterocycles. The van der Waals surface area contributed by atoms with E-state index in [4.69, 9.17) is 23.2 Å². The van der Waals surface area contributed by atoms with Gasteiger partial charge in [-0.2, -0.15) is 0 Å². The number of hydrogen-bond acceptors (Lipinski definition) is 6. The zero-order valence-electron chi connectivity index (χ0n) is 21.1. The van der Waals surface area contributed by atoms with Crippen LogP contribution in [0.25, 0.3) is 0 Å². The molecule has 200 valence electrons. The molecule has 0 bridgehead atoms. The van der Waals surface area contributed by atoms with Gasteiger partial charge < -0.3 is 15.1 Å². The number of aromatic nitrogens is 2. The molecule has 36 heavy (non-hydrogen) atoms. The largest absolute Gasteiger partial charge is 0.367 e. The summed E-state index contributed by atoms with van der Waals surface area (Å²) in [5.41, 5.74) is 1.31. The highest BCUT2D eigenvalue weighted by molar-refractivity contribution is 6.22. The highest BCUT2D eigenvalue weighted by Gasteiger charge is 2.33. The first-order valence-electron chi connectivity index (χ1n) is 13.8. The minimum absolute atomic E-state index is 0.0392. The SMILES string of the molecule is O=C(c1cc2c(nn1)NCCN2CCC1CC(Cl)C(F)CCC1Cl)N1CCN(C2CCCCC2)CC1. The Balaban J connectivity index is 1.21. The van der Waals surface area contributed by atoms with Crippen molar-refractivity contribution in [3.05, 3.63) is 11.8 Å². The van der Waals surface area contributed by atoms with Crippen LogP contribution in [-0.2, 0) is 0 Å². The molecule has 1 aromatic heterocycles. The summed E-state index contributed by atoms with van der Waals surface area (Å²) in [4.78, 5) is 20.1. The van der Waals surface area contributed by atoms with Gasteiger partial charge in [0.15, 0.2) is 11.5 Å². The van der Waals surface area contributed by atoms with Crippen molar-refractivity contribution < 1.29 is 9.18 Å². The zero-order valence-corrected chi connectivity index (χ0v) is 22.6. The molecule has 7 nitrogen and oxygen atoms in total. The fourth-order valence-electron chi connectivity index (χ4n) is 6.35. The predicted octanol–water partition coefficient (Wildman–Crippen LogP) is 4.54. The van der Waals surface area contributed by atoms with Crippen LogP contribution in [0.5, 0.6) is 0 Å². The lowest BCUT2D eigenvalue weighted by Crippen LogP contribution is -2.52. The van der Waals surface area contributed by atoms with E-state index in [0.29, 0.717) is 36.8 Å². The number of halogens is 3. The van der Waals surface area contributed by atoms with Crippen LogP contribution in [0, 0.1) is 5.92 Å². The van der Waals surface area contributed by atoms with Gasteiger partial charge in [0.05, 0.1) is 11.1 Å². The third-order valence-electron chi connectivity index (χ3n) is 8.62. The van der Waals surface area contributed by atoms with E-state index in [1.165, 1.54) is 32.1 Å². The Kier molecular flexibility index (Phi) is 8.74. The maximum atomic E-state index is 14.1. The van der Waals surface area contributed by atoms with Crippen LogP contribution in [0.2, 0.25) is 0 Å². The zero-order chi connectivity index (χ0) is 25.1. The van der Waals surface area contributed by atoms with Gasteiger partial charge in [-0.3, -0.25) is 9.69 Å². The van der Waals surface area contributed by atoms with Crippen LogP contribution in [0.3, 0.4) is 0 Å². The van der Waals surface area contributed by atoms with Crippen LogP contribution in [0.4, 0.5) is 15.9 Å². The lowest BCUT2D eigenvalue weighted by molar-refractivity contribution is 0.0517. The normalized spacial score (nSPS) is 30.4. The molecule has 3 fully saturated rings. The maximum absolute atomic E-state index is 14.1. The van der Waals surface area contributed by atoms with Crippen molar-refractivity contribution in [2.24, 2.45) is 5.92 Å². The molecule has 1 amide bonds. The standard InChI is InChI=1S/C26H39Cl2FN6O/c27-20-6-7-22(29)21(28)16-18(20)8-10-34-11-9-30-25-24(34)17-23(31-32-25)26(36)35-14-12-33(13-15-35)19-4-2-1-3-5-19/h17-22H,1-16H2,(H,30,32). The quantitative estimate of drug-likeness (QED) is 0.436. The Morgan fingerprint density at radius 3 is 2.56 bits per heavy atom. The molecule has 4 unspecified atom stereocenters. The van der Waals surface area contributed by atoms with Crippen LogP contribution in [-0.4, -0.2) is 94.7 Å². The highest BCUT2D eigenvalue weighted by Crippen LogP contribution is 2.35. The van der Waals surface area contributed by atoms with Crippen molar-refractivity contribution in [1.29, 1.82) is 0 Å². The molecular weight excluding hydrogens is 502 g/mol. The van der Waals surface area contributed by atoms with E-state index in [1.54, 1.807) is 0 Å². The first kappa shape index (κ1) is 26.2. The van der Waals surface area contributed by atoms with Crippen molar-refractivity contribution in [1.82, 2.24) is 20.0 Å². The number of rotatable bonds is 5. The van der Waals surface area contributed by atoms with Gasteiger partial charge >= 0.3 is 0 Å². The molecule has 10 heteroatoms. The lowest BCUT2D eigenvalue weighted by Gasteiger charge is -2.40. The molecule has 4 aliphatic rings. The van der Waals surface area contributed by atoms with Crippen LogP contribution in [0.15, 0.2) is 6.07 Å². The van der Waals surface area contributed by atoms with Gasteiger partial charge in [-0.1, -0.05) is 19.3 Å². The molecule has 0 radical (unpaired) electrons. The summed E-state index contributed by atoms with van der Waals surface area (Å²) in [5, 5.41) is 11.4. The van der Waals surface area contributed by atoms with Gasteiger partial charge in [-0.15, -0.1) is 33.4 Å². The van der Waals surface area contributed by atoms with Crippen molar-refractivity contribution in [3.63, 3.8) is 0 Å². The Morgan fingerprint density at radius 1 is 1.00 bits per heavy atom. The van der Waals surface area contributed by atoms with Gasteiger partial charge in [0, 0.05) is 57.2 Å². The van der Waals surface area contributed by atoms with Gasteiger partial charge in [0.25, 0.3) is 5.91 Å². The van der Waals surface area contributed by atoms with Crippen molar-refractivity contribution in [2.45, 2.75) is 80.8 Å². The average molecular weight is 542 g/mol. The first-order valence-corrected chi connectivity index (χ1v) is 14.7. The van der Waals surface area contributed by atoms with E-state index in [0.717, 1.165) is 57.9 Å². The average Bonchev–Trinajstić information content (AvgIpc) is 3.05. The molecule has 2 saturated carbocycles. The van der Waals surface area contributed by atoms with Crippen LogP contribution in [0.1, 0.15) is 68.3 Å². The van der Waals surface area contributed by atoms with Crippen molar-refractivity contribution >= 4 is 40.6 Å². The molecule has 0 spiro atoms. The molecule has 1 saturated heterocycles. The minimum Gasteiger partial charge on any atom is -0.367 e. The number of nitrogens with one attached hydrogen (secondary N) is 1. The minimum atomic E-state index is -0.980. The summed E-state index contributed by atoms with van der Waals surface area (Å²) in [7, 11) is 0. The third kappa shape index (κ3) is 6.02. The number of amides is 1. The van der Waals surface area contributed by atoms with Gasteiger partial charge in [-0.05, 0) is 50.5 Å². The molecule has 0 aromatic carbocycles. The molecule has 1 N–H and O–H groups in total. The molecule has 2 aliphatic carbocycles. The number of nitrogens with zero attached hydrogens (tertiary/aromatic N) is 5. The summed E-state index contributed by atoms with van der Waals surface area (Å²) in [6, 6.07) is 2.57. The number of fused-ring (bicyclic) bond motifs is 1. The molecule has 1 aromatic rings. The predicted molar refractivity (Wildman–Crippen MR) is 143 cm³/mol. The van der Waals surface area contributed by atoms with E-state index >= 15 is 0 Å². The second-order valence-electron chi connectivity index (χ2n) is 10.9. The van der Waals surface area contributed by atoms with Crippen molar-refractivity contribution in [2.75, 3.05) is 56.0 Å². The summed E-state index contributed by atoms with van der Waals surface area (Å²) in [5.74, 6) is 0.842. The molecular formula is C26H39Cl2FN6O. The molecule has 4 atom stereocenters. The number of anilines is 2. The summed E-state index contributed by atoms with van der Waals surface area (Å²) in [6.07, 6.45) is 8.14. The van der Waals surface area contributed by atoms with E-state index < -0.39 is 11.5 Å². The second kappa shape index (κ2) is 12.0. The van der Waals surface area contributed by atoms with Crippen LogP contribution < -0.4 is 10.2 Å². The molecule has 3 heterocycles. The summed E-state index contributed by atoms with van der Waals surface area (Å²) >= 11 is 12.9. The number of carbonyl (C=O) groups is 1. The Labute approximate surface area is 224 Å². The second-order valence-corrected chi connectivity index (χ2v) is 12.0. The maximum Gasteiger partial charge on any atom is 0.274 e. The number of piperazine rings is 1. The monoisotopic (exact) mass is 540 g/mol. The number of carbonyl (C=O) groups excluding carboxylic acids is 1. The third-order valence-corrected chi connectivity index (χ3v) is 9.65. The van der Waals surface area contributed by atoms with Crippen LogP contribution >= 0.6 is 23.2 Å². The number of hydrogen-bond donors (Lipinski definition) is 1. The highest BCUT2D eigenvalue weighted by atomic mass is 35.5. The molecule has 5 rings (SSSR count). The smallest absolute Gasteiger partial charge is 0.274 e. The van der Waals surface area contributed by atoms with Gasteiger partial charge in [0.2, 0.25) is 0 Å². The fraction of sp³-hybridized carbons (Fsp3) is 0.808. The summed E-state index contributed by atoms with van der Waals surface area (Å²) in [6.45, 7) is 5.69. The Morgan fingerprint density at radius 2 is 1.78 bits per heavy atom. The van der Waals surface area contributed by atoms with Crippen molar-refractivity contribution in [3.8, 4) is 0 Å². The van der Waals surface area contributed by atoms with E-state index in [9.17, 15) is 9.18 Å². The number of alkyl halides is 3. The topological polar surface area (TPSA) is 64.6 Å². The summed E-state index contributed by atoms with van der Waals surface area (Å²) < 4.78 is 14.1. The van der Waals surface area contributed by atoms with Gasteiger partial charge in [0.1, 0.15) is 6.17 Å². The Hall–Kier alpha value is -1.38. The Bertz CT molecular complexity index is 895. The van der Waals surface area contributed by atoms with E-state index in [2.05, 4.69) is 25.3 Å². The lowest BCUT2D eigenvalue weighted by atomic mass is 9.94. The van der Waals surface area contributed by atoms with Gasteiger partial charge in [-0.25, -0.2) is 4.39 Å². The fourth-order valence-corrected chi connectivity index (χ4v) is 7.06. The van der Waals surface area contributed by atoms with E-state index in [-0.39, 0.29) is 17.2 Å². The first-order chi connectivity index (χ1) is 17.5. The van der Waals surface area contributed by atoms with E-state index in [1.807, 2.05) is 11.0 Å².